The van der Waals surface area contributed by atoms with Crippen LogP contribution in [0.1, 0.15) is 31.2 Å². The Balaban J connectivity index is 1.93. The van der Waals surface area contributed by atoms with Crippen molar-refractivity contribution in [2.45, 2.75) is 43.4 Å². The van der Waals surface area contributed by atoms with E-state index in [1.54, 1.807) is 7.11 Å². The Morgan fingerprint density at radius 3 is 2.60 bits per heavy atom. The number of benzene rings is 1. The average molecular weight is 279 g/mol. The number of aliphatic hydroxyl groups is 1. The zero-order chi connectivity index (χ0) is 14.4. The molecule has 20 heavy (non-hydrogen) atoms. The van der Waals surface area contributed by atoms with E-state index in [1.165, 1.54) is 0 Å². The van der Waals surface area contributed by atoms with Crippen LogP contribution in [0.25, 0.3) is 0 Å². The van der Waals surface area contributed by atoms with E-state index in [4.69, 9.17) is 15.2 Å². The second-order valence-corrected chi connectivity index (χ2v) is 5.64. The summed E-state index contributed by atoms with van der Waals surface area (Å²) in [6, 6.07) is 9.64. The van der Waals surface area contributed by atoms with Crippen LogP contribution in [0.4, 0.5) is 0 Å². The second kappa shape index (κ2) is 7.18. The molecular formula is C16H25NO3. The Hall–Kier alpha value is -0.940. The highest BCUT2D eigenvalue weighted by Gasteiger charge is 2.30. The lowest BCUT2D eigenvalue weighted by molar-refractivity contribution is -0.0514. The van der Waals surface area contributed by atoms with Gasteiger partial charge in [-0.1, -0.05) is 30.3 Å². The second-order valence-electron chi connectivity index (χ2n) is 5.64. The van der Waals surface area contributed by atoms with Crippen LogP contribution in [-0.2, 0) is 15.0 Å². The van der Waals surface area contributed by atoms with E-state index in [0.717, 1.165) is 31.2 Å². The van der Waals surface area contributed by atoms with E-state index in [1.807, 2.05) is 30.3 Å². The summed E-state index contributed by atoms with van der Waals surface area (Å²) in [7, 11) is 1.75. The minimum atomic E-state index is -0.832. The lowest BCUT2D eigenvalue weighted by Crippen LogP contribution is -2.46. The smallest absolute Gasteiger partial charge is 0.0881 e. The monoisotopic (exact) mass is 279 g/mol. The van der Waals surface area contributed by atoms with Gasteiger partial charge in [0.05, 0.1) is 31.0 Å². The molecule has 1 aromatic rings. The minimum Gasteiger partial charge on any atom is -0.394 e. The molecule has 1 saturated carbocycles. The largest absolute Gasteiger partial charge is 0.394 e. The fourth-order valence-electron chi connectivity index (χ4n) is 2.72. The summed E-state index contributed by atoms with van der Waals surface area (Å²) in [4.78, 5) is 0. The van der Waals surface area contributed by atoms with Crippen LogP contribution < -0.4 is 5.73 Å². The van der Waals surface area contributed by atoms with Crippen molar-refractivity contribution in [1.29, 1.82) is 0 Å². The molecule has 4 nitrogen and oxygen atoms in total. The molecule has 0 bridgehead atoms. The van der Waals surface area contributed by atoms with Gasteiger partial charge < -0.3 is 20.3 Å². The first-order valence-electron chi connectivity index (χ1n) is 7.27. The molecule has 0 radical (unpaired) electrons. The van der Waals surface area contributed by atoms with Crippen LogP contribution >= 0.6 is 0 Å². The van der Waals surface area contributed by atoms with E-state index in [-0.39, 0.29) is 18.8 Å². The van der Waals surface area contributed by atoms with Crippen LogP contribution in [0, 0.1) is 0 Å². The number of rotatable bonds is 6. The molecule has 0 spiro atoms. The third-order valence-electron chi connectivity index (χ3n) is 4.12. The predicted molar refractivity (Wildman–Crippen MR) is 78.4 cm³/mol. The first kappa shape index (κ1) is 15.4. The van der Waals surface area contributed by atoms with Crippen LogP contribution in [0.2, 0.25) is 0 Å². The van der Waals surface area contributed by atoms with Crippen molar-refractivity contribution in [2.75, 3.05) is 20.3 Å². The van der Waals surface area contributed by atoms with Gasteiger partial charge in [-0.25, -0.2) is 0 Å². The van der Waals surface area contributed by atoms with Crippen molar-refractivity contribution >= 4 is 0 Å². The van der Waals surface area contributed by atoms with Gasteiger partial charge in [0, 0.05) is 7.11 Å². The topological polar surface area (TPSA) is 64.7 Å². The van der Waals surface area contributed by atoms with Gasteiger partial charge in [-0.05, 0) is 31.2 Å². The summed E-state index contributed by atoms with van der Waals surface area (Å²) < 4.78 is 11.4. The molecular weight excluding hydrogens is 254 g/mol. The van der Waals surface area contributed by atoms with Gasteiger partial charge in [-0.15, -0.1) is 0 Å². The Morgan fingerprint density at radius 1 is 1.25 bits per heavy atom. The molecule has 1 fully saturated rings. The van der Waals surface area contributed by atoms with Crippen molar-refractivity contribution in [3.05, 3.63) is 35.9 Å². The number of nitrogens with two attached hydrogens (primary N) is 1. The van der Waals surface area contributed by atoms with Crippen molar-refractivity contribution in [1.82, 2.24) is 0 Å². The van der Waals surface area contributed by atoms with Crippen molar-refractivity contribution in [2.24, 2.45) is 5.73 Å². The maximum absolute atomic E-state index is 9.64. The third kappa shape index (κ3) is 3.79. The zero-order valence-electron chi connectivity index (χ0n) is 12.1. The van der Waals surface area contributed by atoms with E-state index in [0.29, 0.717) is 6.61 Å². The molecule has 0 aliphatic heterocycles. The summed E-state index contributed by atoms with van der Waals surface area (Å²) >= 11 is 0. The first-order chi connectivity index (χ1) is 9.68. The summed E-state index contributed by atoms with van der Waals surface area (Å²) in [5.41, 5.74) is 6.37. The van der Waals surface area contributed by atoms with Crippen LogP contribution in [-0.4, -0.2) is 37.6 Å². The van der Waals surface area contributed by atoms with Crippen LogP contribution in [0.15, 0.2) is 30.3 Å². The lowest BCUT2D eigenvalue weighted by atomic mass is 9.91. The molecule has 1 aliphatic carbocycles. The van der Waals surface area contributed by atoms with Crippen LogP contribution in [0.3, 0.4) is 0 Å². The van der Waals surface area contributed by atoms with Crippen LogP contribution in [0.5, 0.6) is 0 Å². The molecule has 4 heteroatoms. The average Bonchev–Trinajstić information content (AvgIpc) is 2.53. The fourth-order valence-corrected chi connectivity index (χ4v) is 2.72. The van der Waals surface area contributed by atoms with Gasteiger partial charge >= 0.3 is 0 Å². The summed E-state index contributed by atoms with van der Waals surface area (Å²) in [5.74, 6) is 0. The van der Waals surface area contributed by atoms with Gasteiger partial charge in [0.2, 0.25) is 0 Å². The summed E-state index contributed by atoms with van der Waals surface area (Å²) in [6.45, 7) is 0.200. The Morgan fingerprint density at radius 2 is 1.95 bits per heavy atom. The van der Waals surface area contributed by atoms with Crippen molar-refractivity contribution in [3.8, 4) is 0 Å². The molecule has 0 amide bonds. The molecule has 3 N–H and O–H groups in total. The molecule has 0 aromatic heterocycles. The first-order valence-corrected chi connectivity index (χ1v) is 7.27. The van der Waals surface area contributed by atoms with Gasteiger partial charge in [0.1, 0.15) is 0 Å². The van der Waals surface area contributed by atoms with Gasteiger partial charge in [-0.3, -0.25) is 0 Å². The molecule has 0 heterocycles. The summed E-state index contributed by atoms with van der Waals surface area (Å²) in [5, 5.41) is 9.64. The van der Waals surface area contributed by atoms with E-state index in [9.17, 15) is 5.11 Å². The van der Waals surface area contributed by atoms with E-state index >= 15 is 0 Å². The standard InChI is InChI=1S/C16H25NO3/c1-19-14-8-5-9-15(10-14)20-12-16(17,11-18)13-6-3-2-4-7-13/h2-4,6-7,14-15,18H,5,8-12,17H2,1H3. The van der Waals surface area contributed by atoms with Crippen molar-refractivity contribution in [3.63, 3.8) is 0 Å². The van der Waals surface area contributed by atoms with Gasteiger partial charge in [-0.2, -0.15) is 0 Å². The molecule has 1 aromatic carbocycles. The number of hydrogen-bond acceptors (Lipinski definition) is 4. The summed E-state index contributed by atoms with van der Waals surface area (Å²) in [6.07, 6.45) is 4.62. The van der Waals surface area contributed by atoms with E-state index in [2.05, 4.69) is 0 Å². The Bertz CT molecular complexity index is 398. The third-order valence-corrected chi connectivity index (χ3v) is 4.12. The van der Waals surface area contributed by atoms with Crippen molar-refractivity contribution < 1.29 is 14.6 Å². The highest BCUT2D eigenvalue weighted by Crippen LogP contribution is 2.25. The normalized spacial score (nSPS) is 26.1. The number of hydrogen-bond donors (Lipinski definition) is 2. The molecule has 0 saturated heterocycles. The van der Waals surface area contributed by atoms with Gasteiger partial charge in [0.15, 0.2) is 0 Å². The molecule has 112 valence electrons. The van der Waals surface area contributed by atoms with E-state index < -0.39 is 5.54 Å². The maximum atomic E-state index is 9.64. The number of ether oxygens (including phenoxy) is 2. The predicted octanol–water partition coefficient (Wildman–Crippen LogP) is 1.81. The number of methoxy groups -OCH3 is 1. The quantitative estimate of drug-likeness (QED) is 0.833. The molecule has 3 atom stereocenters. The van der Waals surface area contributed by atoms with Gasteiger partial charge in [0.25, 0.3) is 0 Å². The SMILES string of the molecule is COC1CCCC(OCC(N)(CO)c2ccccc2)C1. The lowest BCUT2D eigenvalue weighted by Gasteiger charge is -2.33. The fraction of sp³-hybridized carbons (Fsp3) is 0.625. The number of aliphatic hydroxyl groups excluding tert-OH is 1. The zero-order valence-corrected chi connectivity index (χ0v) is 12.1. The Labute approximate surface area is 120 Å². The highest BCUT2D eigenvalue weighted by molar-refractivity contribution is 5.24. The Kier molecular flexibility index (Phi) is 5.54. The molecule has 3 unspecified atom stereocenters. The maximum Gasteiger partial charge on any atom is 0.0881 e. The molecule has 2 rings (SSSR count). The minimum absolute atomic E-state index is 0.128. The molecule has 1 aliphatic rings. The highest BCUT2D eigenvalue weighted by atomic mass is 16.5.